The van der Waals surface area contributed by atoms with E-state index in [1.807, 2.05) is 6.92 Å². The molecule has 20 heavy (non-hydrogen) atoms. The number of rotatable bonds is 4. The van der Waals surface area contributed by atoms with Crippen LogP contribution in [0.1, 0.15) is 77.6 Å². The molecule has 0 aromatic carbocycles. The van der Waals surface area contributed by atoms with Gasteiger partial charge in [-0.1, -0.05) is 32.1 Å². The summed E-state index contributed by atoms with van der Waals surface area (Å²) in [5.41, 5.74) is 0. The molecule has 0 radical (unpaired) electrons. The maximum absolute atomic E-state index is 12.7. The number of amides is 1. The van der Waals surface area contributed by atoms with Crippen molar-refractivity contribution in [2.24, 2.45) is 5.92 Å². The maximum atomic E-state index is 12.7. The van der Waals surface area contributed by atoms with Crippen molar-refractivity contribution in [2.75, 3.05) is 6.54 Å². The van der Waals surface area contributed by atoms with E-state index in [0.717, 1.165) is 32.2 Å². The van der Waals surface area contributed by atoms with E-state index in [2.05, 4.69) is 4.90 Å². The fourth-order valence-electron chi connectivity index (χ4n) is 3.90. The van der Waals surface area contributed by atoms with E-state index < -0.39 is 0 Å². The second kappa shape index (κ2) is 8.02. The highest BCUT2D eigenvalue weighted by Gasteiger charge is 2.28. The molecule has 1 aliphatic carbocycles. The minimum Gasteiger partial charge on any atom is -0.393 e. The SMILES string of the molecule is CC(O)CC1CCCCCN1C(=O)CC1CCCCC1. The first-order valence-corrected chi connectivity index (χ1v) is 8.64. The molecule has 2 unspecified atom stereocenters. The molecule has 1 amide bonds. The molecule has 1 N–H and O–H groups in total. The van der Waals surface area contributed by atoms with Crippen molar-refractivity contribution in [1.29, 1.82) is 0 Å². The normalized spacial score (nSPS) is 27.1. The van der Waals surface area contributed by atoms with Crippen LogP contribution in [0.2, 0.25) is 0 Å². The van der Waals surface area contributed by atoms with Crippen LogP contribution in [0.15, 0.2) is 0 Å². The Morgan fingerprint density at radius 3 is 2.45 bits per heavy atom. The Morgan fingerprint density at radius 1 is 1.10 bits per heavy atom. The fraction of sp³-hybridized carbons (Fsp3) is 0.941. The van der Waals surface area contributed by atoms with Crippen LogP contribution in [0.25, 0.3) is 0 Å². The number of likely N-dealkylation sites (tertiary alicyclic amines) is 1. The monoisotopic (exact) mass is 281 g/mol. The summed E-state index contributed by atoms with van der Waals surface area (Å²) in [6.45, 7) is 2.75. The number of nitrogens with zero attached hydrogens (tertiary/aromatic N) is 1. The smallest absolute Gasteiger partial charge is 0.223 e. The third-order valence-corrected chi connectivity index (χ3v) is 5.00. The molecule has 2 rings (SSSR count). The third kappa shape index (κ3) is 4.76. The van der Waals surface area contributed by atoms with Crippen LogP contribution < -0.4 is 0 Å². The van der Waals surface area contributed by atoms with Gasteiger partial charge in [0.15, 0.2) is 0 Å². The number of carbonyl (C=O) groups excluding carboxylic acids is 1. The van der Waals surface area contributed by atoms with Crippen molar-refractivity contribution in [3.8, 4) is 0 Å². The van der Waals surface area contributed by atoms with Crippen LogP contribution in [0, 0.1) is 5.92 Å². The van der Waals surface area contributed by atoms with Crippen molar-refractivity contribution in [3.05, 3.63) is 0 Å². The van der Waals surface area contributed by atoms with Crippen molar-refractivity contribution in [1.82, 2.24) is 4.90 Å². The van der Waals surface area contributed by atoms with Gasteiger partial charge in [0.1, 0.15) is 0 Å². The van der Waals surface area contributed by atoms with E-state index in [9.17, 15) is 9.90 Å². The molecule has 0 aromatic heterocycles. The minimum absolute atomic E-state index is 0.272. The average molecular weight is 281 g/mol. The van der Waals surface area contributed by atoms with Crippen LogP contribution in [-0.2, 0) is 4.79 Å². The fourth-order valence-corrected chi connectivity index (χ4v) is 3.90. The van der Waals surface area contributed by atoms with Gasteiger partial charge in [-0.05, 0) is 44.9 Å². The van der Waals surface area contributed by atoms with Gasteiger partial charge >= 0.3 is 0 Å². The lowest BCUT2D eigenvalue weighted by Gasteiger charge is -2.33. The summed E-state index contributed by atoms with van der Waals surface area (Å²) in [5.74, 6) is 0.969. The molecule has 2 aliphatic rings. The van der Waals surface area contributed by atoms with Crippen LogP contribution >= 0.6 is 0 Å². The maximum Gasteiger partial charge on any atom is 0.223 e. The molecule has 3 heteroatoms. The van der Waals surface area contributed by atoms with Gasteiger partial charge in [-0.2, -0.15) is 0 Å². The Bertz CT molecular complexity index is 297. The second-order valence-corrected chi connectivity index (χ2v) is 6.88. The zero-order valence-electron chi connectivity index (χ0n) is 13.0. The van der Waals surface area contributed by atoms with Gasteiger partial charge in [-0.25, -0.2) is 0 Å². The lowest BCUT2D eigenvalue weighted by molar-refractivity contribution is -0.135. The van der Waals surface area contributed by atoms with Gasteiger partial charge in [-0.15, -0.1) is 0 Å². The van der Waals surface area contributed by atoms with Crippen molar-refractivity contribution in [3.63, 3.8) is 0 Å². The van der Waals surface area contributed by atoms with Crippen LogP contribution in [0.4, 0.5) is 0 Å². The van der Waals surface area contributed by atoms with Crippen LogP contribution in [0.3, 0.4) is 0 Å². The summed E-state index contributed by atoms with van der Waals surface area (Å²) in [6.07, 6.45) is 12.2. The molecule has 1 heterocycles. The molecule has 3 nitrogen and oxygen atoms in total. The zero-order valence-corrected chi connectivity index (χ0v) is 13.0. The predicted octanol–water partition coefficient (Wildman–Crippen LogP) is 3.50. The Labute approximate surface area is 123 Å². The van der Waals surface area contributed by atoms with Crippen molar-refractivity contribution < 1.29 is 9.90 Å². The zero-order chi connectivity index (χ0) is 14.4. The molecule has 0 spiro atoms. The topological polar surface area (TPSA) is 40.5 Å². The molecule has 2 atom stereocenters. The van der Waals surface area contributed by atoms with E-state index in [1.54, 1.807) is 0 Å². The highest BCUT2D eigenvalue weighted by Crippen LogP contribution is 2.28. The standard InChI is InChI=1S/C17H31NO2/c1-14(19)12-16-10-6-3-7-11-18(16)17(20)13-15-8-4-2-5-9-15/h14-16,19H,2-13H2,1H3. The van der Waals surface area contributed by atoms with Gasteiger partial charge < -0.3 is 10.0 Å². The molecular weight excluding hydrogens is 250 g/mol. The van der Waals surface area contributed by atoms with Crippen LogP contribution in [0.5, 0.6) is 0 Å². The Hall–Kier alpha value is -0.570. The highest BCUT2D eigenvalue weighted by molar-refractivity contribution is 5.76. The predicted molar refractivity (Wildman–Crippen MR) is 81.5 cm³/mol. The van der Waals surface area contributed by atoms with Gasteiger partial charge in [0, 0.05) is 19.0 Å². The van der Waals surface area contributed by atoms with Gasteiger partial charge in [0.25, 0.3) is 0 Å². The number of carbonyl (C=O) groups is 1. The molecular formula is C17H31NO2. The molecule has 116 valence electrons. The number of hydrogen-bond donors (Lipinski definition) is 1. The highest BCUT2D eigenvalue weighted by atomic mass is 16.3. The first kappa shape index (κ1) is 15.8. The van der Waals surface area contributed by atoms with E-state index in [4.69, 9.17) is 0 Å². The minimum atomic E-state index is -0.303. The lowest BCUT2D eigenvalue weighted by atomic mass is 9.86. The number of aliphatic hydroxyl groups is 1. The van der Waals surface area contributed by atoms with E-state index in [1.165, 1.54) is 44.9 Å². The van der Waals surface area contributed by atoms with Crippen molar-refractivity contribution in [2.45, 2.75) is 89.7 Å². The van der Waals surface area contributed by atoms with Crippen LogP contribution in [-0.4, -0.2) is 34.6 Å². The second-order valence-electron chi connectivity index (χ2n) is 6.88. The largest absolute Gasteiger partial charge is 0.393 e. The quantitative estimate of drug-likeness (QED) is 0.857. The summed E-state index contributed by atoms with van der Waals surface area (Å²) in [5, 5.41) is 9.68. The van der Waals surface area contributed by atoms with Gasteiger partial charge in [0.05, 0.1) is 6.10 Å². The molecule has 1 aliphatic heterocycles. The van der Waals surface area contributed by atoms with Gasteiger partial charge in [0.2, 0.25) is 5.91 Å². The Kier molecular flexibility index (Phi) is 6.34. The molecule has 0 aromatic rings. The summed E-state index contributed by atoms with van der Waals surface area (Å²) in [7, 11) is 0. The van der Waals surface area contributed by atoms with E-state index in [-0.39, 0.29) is 12.1 Å². The number of hydrogen-bond acceptors (Lipinski definition) is 2. The summed E-state index contributed by atoms with van der Waals surface area (Å²) < 4.78 is 0. The molecule has 2 fully saturated rings. The summed E-state index contributed by atoms with van der Waals surface area (Å²) in [6, 6.07) is 0.272. The number of aliphatic hydroxyl groups excluding tert-OH is 1. The summed E-state index contributed by atoms with van der Waals surface area (Å²) >= 11 is 0. The van der Waals surface area contributed by atoms with E-state index >= 15 is 0 Å². The van der Waals surface area contributed by atoms with Crippen molar-refractivity contribution >= 4 is 5.91 Å². The Morgan fingerprint density at radius 2 is 1.75 bits per heavy atom. The third-order valence-electron chi connectivity index (χ3n) is 5.00. The molecule has 1 saturated heterocycles. The first-order valence-electron chi connectivity index (χ1n) is 8.64. The first-order chi connectivity index (χ1) is 9.66. The Balaban J connectivity index is 1.92. The summed E-state index contributed by atoms with van der Waals surface area (Å²) in [4.78, 5) is 14.8. The lowest BCUT2D eigenvalue weighted by Crippen LogP contribution is -2.42. The molecule has 0 bridgehead atoms. The average Bonchev–Trinajstić information content (AvgIpc) is 2.64. The molecule has 1 saturated carbocycles. The van der Waals surface area contributed by atoms with Gasteiger partial charge in [-0.3, -0.25) is 4.79 Å². The van der Waals surface area contributed by atoms with E-state index in [0.29, 0.717) is 11.8 Å².